The smallest absolute Gasteiger partial charge is 0.0870 e. The molecule has 0 saturated carbocycles. The van der Waals surface area contributed by atoms with E-state index < -0.39 is 0 Å². The van der Waals surface area contributed by atoms with Crippen LogP contribution in [0.2, 0.25) is 0 Å². The molecule has 0 aromatic rings. The van der Waals surface area contributed by atoms with Gasteiger partial charge in [-0.3, -0.25) is 0 Å². The first kappa shape index (κ1) is 7.81. The van der Waals surface area contributed by atoms with Crippen LogP contribution in [0.25, 0.3) is 0 Å². The van der Waals surface area contributed by atoms with Crippen molar-refractivity contribution in [2.45, 2.75) is 0 Å². The van der Waals surface area contributed by atoms with Crippen molar-refractivity contribution in [3.63, 3.8) is 0 Å². The molecule has 0 spiro atoms. The molecule has 0 aliphatic carbocycles. The Morgan fingerprint density at radius 3 is 2.50 bits per heavy atom. The molecule has 0 bridgehead atoms. The van der Waals surface area contributed by atoms with Gasteiger partial charge in [0, 0.05) is 13.2 Å². The summed E-state index contributed by atoms with van der Waals surface area (Å²) in [6, 6.07) is 0. The number of hydrogen-bond donors (Lipinski definition) is 1. The summed E-state index contributed by atoms with van der Waals surface area (Å²) in [4.78, 5) is 1.79. The molecule has 0 aromatic carbocycles. The third-order valence-electron chi connectivity index (χ3n) is 0.615. The quantitative estimate of drug-likeness (QED) is 0.565. The van der Waals surface area contributed by atoms with Gasteiger partial charge in [0.15, 0.2) is 0 Å². The Hall–Kier alpha value is -0.190. The highest BCUT2D eigenvalue weighted by Crippen LogP contribution is 1.96. The van der Waals surface area contributed by atoms with Crippen molar-refractivity contribution < 1.29 is 0 Å². The molecule has 46 valence electrons. The summed E-state index contributed by atoms with van der Waals surface area (Å²) in [6.07, 6.45) is 3.47. The highest BCUT2D eigenvalue weighted by molar-refractivity contribution is 14.1. The van der Waals surface area contributed by atoms with Gasteiger partial charge >= 0.3 is 0 Å². The van der Waals surface area contributed by atoms with Gasteiger partial charge in [-0.05, 0) is 28.8 Å². The molecule has 0 rings (SSSR count). The van der Waals surface area contributed by atoms with Gasteiger partial charge in [-0.15, -0.1) is 0 Å². The maximum atomic E-state index is 5.33. The number of hydrogen-bond acceptors (Lipinski definition) is 2. The zero-order chi connectivity index (χ0) is 6.57. The first-order valence-corrected chi connectivity index (χ1v) is 3.22. The molecule has 0 unspecified atom stereocenters. The molecule has 0 atom stereocenters. The lowest BCUT2D eigenvalue weighted by molar-refractivity contribution is 0.626. The first-order valence-electron chi connectivity index (χ1n) is 2.14. The van der Waals surface area contributed by atoms with E-state index in [1.54, 1.807) is 17.3 Å². The monoisotopic (exact) mass is 224 g/mol. The molecule has 0 aliphatic rings. The minimum Gasteiger partial charge on any atom is -0.393 e. The van der Waals surface area contributed by atoms with E-state index in [-0.39, 0.29) is 0 Å². The number of halogens is 1. The van der Waals surface area contributed by atoms with E-state index >= 15 is 0 Å². The van der Waals surface area contributed by atoms with Crippen LogP contribution in [0, 0.1) is 0 Å². The number of nitrogens with zero attached hydrogens (tertiary/aromatic N) is 1. The molecule has 2 N–H and O–H groups in total. The molecule has 2 nitrogen and oxygen atoms in total. The summed E-state index contributed by atoms with van der Waals surface area (Å²) in [5.41, 5.74) is 5.33. The van der Waals surface area contributed by atoms with Gasteiger partial charge < -0.3 is 10.6 Å². The van der Waals surface area contributed by atoms with Crippen LogP contribution in [0.4, 0.5) is 0 Å². The molecule has 0 radical (unpaired) electrons. The molecular weight excluding hydrogens is 215 g/mol. The highest BCUT2D eigenvalue weighted by atomic mass is 127. The second-order valence-electron chi connectivity index (χ2n) is 1.36. The summed E-state index contributed by atoms with van der Waals surface area (Å²) >= 11 is 2.03. The van der Waals surface area contributed by atoms with Crippen molar-refractivity contribution in [1.82, 2.24) is 4.90 Å². The van der Waals surface area contributed by atoms with Crippen LogP contribution >= 0.6 is 22.6 Å². The van der Waals surface area contributed by atoms with Crippen molar-refractivity contribution in [1.29, 1.82) is 0 Å². The van der Waals surface area contributed by atoms with Crippen LogP contribution in [0.1, 0.15) is 0 Å². The van der Waals surface area contributed by atoms with Gasteiger partial charge in [0.1, 0.15) is 0 Å². The van der Waals surface area contributed by atoms with E-state index in [4.69, 9.17) is 5.73 Å². The van der Waals surface area contributed by atoms with Crippen molar-refractivity contribution in [2.24, 2.45) is 5.73 Å². The third kappa shape index (κ3) is 3.98. The molecular formula is C5H9IN2. The zero-order valence-corrected chi connectivity index (χ0v) is 6.92. The summed E-state index contributed by atoms with van der Waals surface area (Å²) in [5.74, 6) is 0. The van der Waals surface area contributed by atoms with Gasteiger partial charge in [-0.1, -0.05) is 6.58 Å². The Labute approximate surface area is 63.2 Å². The minimum absolute atomic E-state index is 0.755. The lowest BCUT2D eigenvalue weighted by Crippen LogP contribution is -2.02. The average molecular weight is 224 g/mol. The molecule has 3 heteroatoms. The van der Waals surface area contributed by atoms with Crippen molar-refractivity contribution in [3.8, 4) is 0 Å². The van der Waals surface area contributed by atoms with E-state index in [9.17, 15) is 0 Å². The Morgan fingerprint density at radius 1 is 1.88 bits per heavy atom. The Bertz CT molecular complexity index is 105. The largest absolute Gasteiger partial charge is 0.393 e. The topological polar surface area (TPSA) is 29.3 Å². The van der Waals surface area contributed by atoms with Gasteiger partial charge in [0.05, 0.1) is 3.70 Å². The Kier molecular flexibility index (Phi) is 3.68. The molecule has 0 heterocycles. The standard InChI is InChI=1S/C5H9IN2/c1-3-8(2)4-5(6)7/h3-4H,1,7H2,2H3/b5-4-. The number of rotatable bonds is 2. The predicted octanol–water partition coefficient (Wildman–Crippen LogP) is 1.25. The summed E-state index contributed by atoms with van der Waals surface area (Å²) < 4.78 is 0.755. The molecule has 0 saturated heterocycles. The van der Waals surface area contributed by atoms with Gasteiger partial charge in [-0.25, -0.2) is 0 Å². The van der Waals surface area contributed by atoms with E-state index in [1.807, 2.05) is 29.6 Å². The fourth-order valence-corrected chi connectivity index (χ4v) is 0.687. The summed E-state index contributed by atoms with van der Waals surface area (Å²) in [5, 5.41) is 0. The van der Waals surface area contributed by atoms with Gasteiger partial charge in [0.25, 0.3) is 0 Å². The van der Waals surface area contributed by atoms with Crippen LogP contribution in [0.3, 0.4) is 0 Å². The van der Waals surface area contributed by atoms with Crippen molar-refractivity contribution >= 4 is 22.6 Å². The fourth-order valence-electron chi connectivity index (χ4n) is 0.247. The first-order chi connectivity index (χ1) is 3.66. The van der Waals surface area contributed by atoms with E-state index in [0.717, 1.165) is 3.70 Å². The third-order valence-corrected chi connectivity index (χ3v) is 0.893. The molecule has 8 heavy (non-hydrogen) atoms. The zero-order valence-electron chi connectivity index (χ0n) is 4.76. The normalized spacial score (nSPS) is 11.0. The van der Waals surface area contributed by atoms with Gasteiger partial charge in [-0.2, -0.15) is 0 Å². The maximum Gasteiger partial charge on any atom is 0.0870 e. The summed E-state index contributed by atoms with van der Waals surface area (Å²) in [7, 11) is 1.87. The predicted molar refractivity (Wildman–Crippen MR) is 44.3 cm³/mol. The lowest BCUT2D eigenvalue weighted by Gasteiger charge is -2.04. The Balaban J connectivity index is 3.68. The van der Waals surface area contributed by atoms with E-state index in [1.165, 1.54) is 0 Å². The fraction of sp³-hybridized carbons (Fsp3) is 0.200. The summed E-state index contributed by atoms with van der Waals surface area (Å²) in [6.45, 7) is 3.54. The van der Waals surface area contributed by atoms with Crippen LogP contribution in [-0.4, -0.2) is 11.9 Å². The van der Waals surface area contributed by atoms with E-state index in [2.05, 4.69) is 6.58 Å². The van der Waals surface area contributed by atoms with Crippen LogP contribution < -0.4 is 5.73 Å². The van der Waals surface area contributed by atoms with E-state index in [0.29, 0.717) is 0 Å². The Morgan fingerprint density at radius 2 is 2.38 bits per heavy atom. The second-order valence-corrected chi connectivity index (χ2v) is 2.61. The molecule has 0 aromatic heterocycles. The highest BCUT2D eigenvalue weighted by Gasteiger charge is 1.80. The number of nitrogens with two attached hydrogens (primary N) is 1. The maximum absolute atomic E-state index is 5.33. The molecule has 0 fully saturated rings. The van der Waals surface area contributed by atoms with Gasteiger partial charge in [0.2, 0.25) is 0 Å². The lowest BCUT2D eigenvalue weighted by atomic mass is 10.7. The SMILES string of the molecule is C=CN(C)/C=C(\N)I. The van der Waals surface area contributed by atoms with Crippen LogP contribution in [0.15, 0.2) is 22.7 Å². The molecule has 0 amide bonds. The van der Waals surface area contributed by atoms with Crippen molar-refractivity contribution in [2.75, 3.05) is 7.05 Å². The van der Waals surface area contributed by atoms with Crippen LogP contribution in [-0.2, 0) is 0 Å². The average Bonchev–Trinajstić information content (AvgIpc) is 1.65. The van der Waals surface area contributed by atoms with Crippen LogP contribution in [0.5, 0.6) is 0 Å². The minimum atomic E-state index is 0.755. The van der Waals surface area contributed by atoms with Crippen molar-refractivity contribution in [3.05, 3.63) is 22.7 Å². The molecule has 0 aliphatic heterocycles. The second kappa shape index (κ2) is 3.77.